The average molecular weight is 202 g/mol. The highest BCUT2D eigenvalue weighted by Gasteiger charge is 1.94. The topological polar surface area (TPSA) is 27.1 Å². The Morgan fingerprint density at radius 3 is 2.67 bits per heavy atom. The minimum atomic E-state index is 0.503. The van der Waals surface area contributed by atoms with E-state index in [-0.39, 0.29) is 0 Å². The summed E-state index contributed by atoms with van der Waals surface area (Å²) in [4.78, 5) is 0. The Labute approximate surface area is 89.3 Å². The summed E-state index contributed by atoms with van der Waals surface area (Å²) in [6, 6.07) is 12.1. The quantitative estimate of drug-likeness (QED) is 0.761. The normalized spacial score (nSPS) is 10.5. The van der Waals surface area contributed by atoms with Gasteiger partial charge in [-0.1, -0.05) is 30.3 Å². The number of benzene rings is 1. The first kappa shape index (κ1) is 9.93. The fourth-order valence-corrected chi connectivity index (χ4v) is 1.37. The second-order valence-electron chi connectivity index (χ2n) is 3.46. The lowest BCUT2D eigenvalue weighted by atomic mass is 10.2. The van der Waals surface area contributed by atoms with E-state index in [9.17, 15) is 0 Å². The molecule has 78 valence electrons. The van der Waals surface area contributed by atoms with Crippen molar-refractivity contribution in [3.63, 3.8) is 0 Å². The molecule has 0 fully saturated rings. The number of hydrogen-bond donors (Lipinski definition) is 0. The molecule has 15 heavy (non-hydrogen) atoms. The summed E-state index contributed by atoms with van der Waals surface area (Å²) in [6.07, 6.45) is 1.92. The van der Waals surface area contributed by atoms with Gasteiger partial charge < -0.3 is 4.74 Å². The third kappa shape index (κ3) is 2.92. The van der Waals surface area contributed by atoms with Gasteiger partial charge in [-0.15, -0.1) is 0 Å². The van der Waals surface area contributed by atoms with E-state index < -0.39 is 0 Å². The molecule has 0 saturated heterocycles. The van der Waals surface area contributed by atoms with Crippen molar-refractivity contribution in [3.8, 4) is 0 Å². The number of aromatic nitrogens is 2. The minimum Gasteiger partial charge on any atom is -0.355 e. The number of nitrogens with zero attached hydrogens (tertiary/aromatic N) is 2. The van der Waals surface area contributed by atoms with E-state index in [4.69, 9.17) is 4.74 Å². The summed E-state index contributed by atoms with van der Waals surface area (Å²) in [5.41, 5.74) is 2.19. The number of rotatable bonds is 4. The van der Waals surface area contributed by atoms with Crippen molar-refractivity contribution >= 4 is 0 Å². The second kappa shape index (κ2) is 4.75. The highest BCUT2D eigenvalue weighted by Crippen LogP contribution is 2.01. The average Bonchev–Trinajstić information content (AvgIpc) is 2.66. The fourth-order valence-electron chi connectivity index (χ4n) is 1.37. The fraction of sp³-hybridized carbons (Fsp3) is 0.250. The van der Waals surface area contributed by atoms with Crippen molar-refractivity contribution in [2.24, 2.45) is 0 Å². The molecule has 0 bridgehead atoms. The van der Waals surface area contributed by atoms with Gasteiger partial charge in [0.1, 0.15) is 6.73 Å². The SMILES string of the molecule is Cc1ccn(COCc2ccccc2)n1. The predicted octanol–water partition coefficient (Wildman–Crippen LogP) is 2.37. The molecule has 0 atom stereocenters. The lowest BCUT2D eigenvalue weighted by molar-refractivity contribution is 0.0559. The minimum absolute atomic E-state index is 0.503. The molecule has 2 rings (SSSR count). The highest BCUT2D eigenvalue weighted by atomic mass is 16.5. The molecule has 0 saturated carbocycles. The van der Waals surface area contributed by atoms with Crippen molar-refractivity contribution in [2.45, 2.75) is 20.3 Å². The molecule has 0 amide bonds. The predicted molar refractivity (Wildman–Crippen MR) is 58.2 cm³/mol. The lowest BCUT2D eigenvalue weighted by Gasteiger charge is -2.04. The Morgan fingerprint density at radius 1 is 1.20 bits per heavy atom. The molecule has 0 N–H and O–H groups in total. The third-order valence-electron chi connectivity index (χ3n) is 2.11. The largest absolute Gasteiger partial charge is 0.355 e. The first-order valence-corrected chi connectivity index (χ1v) is 4.96. The van der Waals surface area contributed by atoms with Crippen LogP contribution in [0.15, 0.2) is 42.6 Å². The molecule has 0 aliphatic heterocycles. The molecule has 0 radical (unpaired) electrons. The Morgan fingerprint density at radius 2 is 2.00 bits per heavy atom. The number of aryl methyl sites for hydroxylation is 1. The van der Waals surface area contributed by atoms with E-state index in [0.717, 1.165) is 5.69 Å². The molecule has 1 heterocycles. The molecule has 2 aromatic rings. The van der Waals surface area contributed by atoms with E-state index in [1.807, 2.05) is 49.5 Å². The van der Waals surface area contributed by atoms with Crippen LogP contribution in [0.4, 0.5) is 0 Å². The van der Waals surface area contributed by atoms with Gasteiger partial charge in [0.25, 0.3) is 0 Å². The van der Waals surface area contributed by atoms with Crippen LogP contribution in [0.1, 0.15) is 11.3 Å². The van der Waals surface area contributed by atoms with Crippen LogP contribution in [-0.4, -0.2) is 9.78 Å². The highest BCUT2D eigenvalue weighted by molar-refractivity contribution is 5.13. The zero-order valence-electron chi connectivity index (χ0n) is 8.76. The van der Waals surface area contributed by atoms with Gasteiger partial charge in [0.2, 0.25) is 0 Å². The van der Waals surface area contributed by atoms with Gasteiger partial charge in [-0.05, 0) is 18.6 Å². The summed E-state index contributed by atoms with van der Waals surface area (Å²) in [7, 11) is 0. The second-order valence-corrected chi connectivity index (χ2v) is 3.46. The van der Waals surface area contributed by atoms with Gasteiger partial charge >= 0.3 is 0 Å². The van der Waals surface area contributed by atoms with Gasteiger partial charge in [-0.3, -0.25) is 0 Å². The van der Waals surface area contributed by atoms with Gasteiger partial charge in [0, 0.05) is 6.20 Å². The van der Waals surface area contributed by atoms with Crippen molar-refractivity contribution in [1.29, 1.82) is 0 Å². The van der Waals surface area contributed by atoms with E-state index in [1.54, 1.807) is 4.68 Å². The molecule has 0 aliphatic rings. The Hall–Kier alpha value is -1.61. The molecule has 1 aromatic heterocycles. The maximum atomic E-state index is 5.52. The Balaban J connectivity index is 1.80. The molecular weight excluding hydrogens is 188 g/mol. The molecule has 1 aromatic carbocycles. The van der Waals surface area contributed by atoms with Gasteiger partial charge in [-0.25, -0.2) is 4.68 Å². The molecule has 0 spiro atoms. The van der Waals surface area contributed by atoms with Crippen LogP contribution in [0.3, 0.4) is 0 Å². The van der Waals surface area contributed by atoms with Crippen LogP contribution in [0, 0.1) is 6.92 Å². The van der Waals surface area contributed by atoms with E-state index >= 15 is 0 Å². The first-order valence-electron chi connectivity index (χ1n) is 4.96. The Kier molecular flexibility index (Phi) is 3.15. The standard InChI is InChI=1S/C12H14N2O/c1-11-7-8-14(13-11)10-15-9-12-5-3-2-4-6-12/h2-8H,9-10H2,1H3. The van der Waals surface area contributed by atoms with E-state index in [2.05, 4.69) is 5.10 Å². The van der Waals surface area contributed by atoms with Crippen molar-refractivity contribution in [3.05, 3.63) is 53.9 Å². The summed E-state index contributed by atoms with van der Waals surface area (Å²) in [5.74, 6) is 0. The van der Waals surface area contributed by atoms with Crippen LogP contribution in [0.5, 0.6) is 0 Å². The zero-order valence-corrected chi connectivity index (χ0v) is 8.76. The smallest absolute Gasteiger partial charge is 0.139 e. The van der Waals surface area contributed by atoms with Crippen LogP contribution < -0.4 is 0 Å². The van der Waals surface area contributed by atoms with Crippen molar-refractivity contribution in [2.75, 3.05) is 0 Å². The third-order valence-corrected chi connectivity index (χ3v) is 2.11. The van der Waals surface area contributed by atoms with Gasteiger partial charge in [0.05, 0.1) is 12.3 Å². The monoisotopic (exact) mass is 202 g/mol. The zero-order chi connectivity index (χ0) is 10.5. The van der Waals surface area contributed by atoms with Crippen LogP contribution in [0.2, 0.25) is 0 Å². The van der Waals surface area contributed by atoms with Crippen molar-refractivity contribution in [1.82, 2.24) is 9.78 Å². The summed E-state index contributed by atoms with van der Waals surface area (Å²) >= 11 is 0. The Bertz CT molecular complexity index is 409. The molecule has 0 unspecified atom stereocenters. The maximum absolute atomic E-state index is 5.52. The van der Waals surface area contributed by atoms with E-state index in [1.165, 1.54) is 5.56 Å². The molecule has 0 aliphatic carbocycles. The van der Waals surface area contributed by atoms with Crippen LogP contribution in [0.25, 0.3) is 0 Å². The number of hydrogen-bond acceptors (Lipinski definition) is 2. The van der Waals surface area contributed by atoms with Crippen molar-refractivity contribution < 1.29 is 4.74 Å². The molecule has 3 heteroatoms. The summed E-state index contributed by atoms with van der Waals surface area (Å²) in [5, 5.41) is 4.23. The molecule has 3 nitrogen and oxygen atoms in total. The van der Waals surface area contributed by atoms with Gasteiger partial charge in [0.15, 0.2) is 0 Å². The first-order chi connectivity index (χ1) is 7.34. The van der Waals surface area contributed by atoms with Gasteiger partial charge in [-0.2, -0.15) is 5.10 Å². The molecular formula is C12H14N2O. The summed E-state index contributed by atoms with van der Waals surface area (Å²) < 4.78 is 7.31. The lowest BCUT2D eigenvalue weighted by Crippen LogP contribution is -2.03. The summed E-state index contributed by atoms with van der Waals surface area (Å²) in [6.45, 7) is 3.09. The number of ether oxygens (including phenoxy) is 1. The van der Waals surface area contributed by atoms with Crippen LogP contribution >= 0.6 is 0 Å². The van der Waals surface area contributed by atoms with E-state index in [0.29, 0.717) is 13.3 Å². The maximum Gasteiger partial charge on any atom is 0.139 e. The van der Waals surface area contributed by atoms with Crippen LogP contribution in [-0.2, 0) is 18.1 Å².